The highest BCUT2D eigenvalue weighted by Gasteiger charge is 2.30. The molecule has 0 fully saturated rings. The first-order valence-electron chi connectivity index (χ1n) is 12.1. The van der Waals surface area contributed by atoms with Crippen LogP contribution in [-0.2, 0) is 0 Å². The van der Waals surface area contributed by atoms with Crippen molar-refractivity contribution in [2.24, 2.45) is 23.2 Å². The van der Waals surface area contributed by atoms with Crippen LogP contribution in [0.4, 0.5) is 0 Å². The summed E-state index contributed by atoms with van der Waals surface area (Å²) in [4.78, 5) is 0. The van der Waals surface area contributed by atoms with Crippen molar-refractivity contribution in [2.75, 3.05) is 6.61 Å². The van der Waals surface area contributed by atoms with Gasteiger partial charge >= 0.3 is 0 Å². The number of allylic oxidation sites excluding steroid dienone is 1. The molecule has 1 heteroatoms. The fourth-order valence-corrected chi connectivity index (χ4v) is 4.96. The van der Waals surface area contributed by atoms with Gasteiger partial charge in [-0.15, -0.1) is 0 Å². The average Bonchev–Trinajstić information content (AvgIpc) is 2.64. The van der Waals surface area contributed by atoms with E-state index in [9.17, 15) is 0 Å². The monoisotopic (exact) mass is 380 g/mol. The summed E-state index contributed by atoms with van der Waals surface area (Å²) in [6, 6.07) is 0. The second kappa shape index (κ2) is 15.6. The maximum absolute atomic E-state index is 8.91. The van der Waals surface area contributed by atoms with Gasteiger partial charge in [-0.1, -0.05) is 117 Å². The van der Waals surface area contributed by atoms with Crippen molar-refractivity contribution < 1.29 is 5.11 Å². The first-order valence-corrected chi connectivity index (χ1v) is 12.1. The standard InChI is InChI=1S/C26H52O/c1-8-26(9-2,10-3)25(7)19-13-18-23(5)15-11-14-22(4)16-12-17-24(6)20-21-27/h20,22-23,25,27H,8-19,21H2,1-7H3/b24-20+. The van der Waals surface area contributed by atoms with Gasteiger partial charge in [-0.05, 0) is 42.9 Å². The van der Waals surface area contributed by atoms with Gasteiger partial charge in [0.05, 0.1) is 6.61 Å². The Labute approximate surface area is 172 Å². The van der Waals surface area contributed by atoms with Gasteiger partial charge in [-0.25, -0.2) is 0 Å². The molecule has 0 aromatic rings. The number of aliphatic hydroxyl groups excluding tert-OH is 1. The van der Waals surface area contributed by atoms with Gasteiger partial charge in [-0.3, -0.25) is 0 Å². The summed E-state index contributed by atoms with van der Waals surface area (Å²) < 4.78 is 0. The van der Waals surface area contributed by atoms with Crippen molar-refractivity contribution in [1.29, 1.82) is 0 Å². The largest absolute Gasteiger partial charge is 0.392 e. The minimum atomic E-state index is 0.189. The van der Waals surface area contributed by atoms with Gasteiger partial charge in [0.25, 0.3) is 0 Å². The summed E-state index contributed by atoms with van der Waals surface area (Å²) >= 11 is 0. The van der Waals surface area contributed by atoms with Gasteiger partial charge in [0, 0.05) is 0 Å². The zero-order chi connectivity index (χ0) is 20.7. The van der Waals surface area contributed by atoms with Gasteiger partial charge < -0.3 is 5.11 Å². The van der Waals surface area contributed by atoms with Crippen LogP contribution < -0.4 is 0 Å². The Morgan fingerprint density at radius 3 is 1.67 bits per heavy atom. The molecule has 3 atom stereocenters. The molecule has 0 heterocycles. The molecule has 0 spiro atoms. The highest BCUT2D eigenvalue weighted by atomic mass is 16.2. The molecule has 0 amide bonds. The molecule has 0 bridgehead atoms. The van der Waals surface area contributed by atoms with E-state index in [1.165, 1.54) is 76.2 Å². The average molecular weight is 381 g/mol. The Kier molecular flexibility index (Phi) is 15.4. The molecular formula is C26H52O. The summed E-state index contributed by atoms with van der Waals surface area (Å²) in [5.74, 6) is 2.60. The van der Waals surface area contributed by atoms with Crippen molar-refractivity contribution in [3.63, 3.8) is 0 Å². The van der Waals surface area contributed by atoms with Gasteiger partial charge in [0.15, 0.2) is 0 Å². The Morgan fingerprint density at radius 1 is 0.778 bits per heavy atom. The molecule has 162 valence electrons. The minimum Gasteiger partial charge on any atom is -0.392 e. The molecule has 0 aromatic heterocycles. The number of hydrogen-bond donors (Lipinski definition) is 1. The van der Waals surface area contributed by atoms with Gasteiger partial charge in [0.1, 0.15) is 0 Å². The third kappa shape index (κ3) is 11.3. The molecule has 3 unspecified atom stereocenters. The Hall–Kier alpha value is -0.300. The highest BCUT2D eigenvalue weighted by Crippen LogP contribution is 2.41. The Bertz CT molecular complexity index is 358. The molecule has 0 radical (unpaired) electrons. The second-order valence-electron chi connectivity index (χ2n) is 9.52. The predicted molar refractivity (Wildman–Crippen MR) is 123 cm³/mol. The number of hydrogen-bond acceptors (Lipinski definition) is 1. The third-order valence-electron chi connectivity index (χ3n) is 7.59. The van der Waals surface area contributed by atoms with E-state index in [1.807, 2.05) is 6.08 Å². The van der Waals surface area contributed by atoms with Crippen molar-refractivity contribution in [3.8, 4) is 0 Å². The summed E-state index contributed by atoms with van der Waals surface area (Å²) in [5.41, 5.74) is 1.93. The molecule has 27 heavy (non-hydrogen) atoms. The summed E-state index contributed by atoms with van der Waals surface area (Å²) in [6.07, 6.45) is 18.1. The zero-order valence-corrected chi connectivity index (χ0v) is 19.9. The lowest BCUT2D eigenvalue weighted by molar-refractivity contribution is 0.136. The SMILES string of the molecule is CCC(CC)(CC)C(C)CCCC(C)CCCC(C)CCC/C(C)=C/CO. The van der Waals surface area contributed by atoms with E-state index in [1.54, 1.807) is 0 Å². The normalized spacial score (nSPS) is 16.4. The molecule has 1 nitrogen and oxygen atoms in total. The van der Waals surface area contributed by atoms with Crippen molar-refractivity contribution >= 4 is 0 Å². The van der Waals surface area contributed by atoms with Gasteiger partial charge in [-0.2, -0.15) is 0 Å². The maximum atomic E-state index is 8.91. The summed E-state index contributed by atoms with van der Waals surface area (Å²) in [6.45, 7) is 16.9. The first kappa shape index (κ1) is 26.7. The molecule has 0 rings (SSSR count). The summed E-state index contributed by atoms with van der Waals surface area (Å²) in [5, 5.41) is 8.91. The maximum Gasteiger partial charge on any atom is 0.0614 e. The van der Waals surface area contributed by atoms with E-state index in [0.717, 1.165) is 24.2 Å². The van der Waals surface area contributed by atoms with Crippen LogP contribution in [0, 0.1) is 23.2 Å². The quantitative estimate of drug-likeness (QED) is 0.250. The predicted octanol–water partition coefficient (Wildman–Crippen LogP) is 8.56. The fourth-order valence-electron chi connectivity index (χ4n) is 4.96. The van der Waals surface area contributed by atoms with E-state index >= 15 is 0 Å². The lowest BCUT2D eigenvalue weighted by atomic mass is 9.68. The zero-order valence-electron chi connectivity index (χ0n) is 19.9. The molecule has 1 N–H and O–H groups in total. The second-order valence-corrected chi connectivity index (χ2v) is 9.52. The van der Waals surface area contributed by atoms with Gasteiger partial charge in [0.2, 0.25) is 0 Å². The molecule has 0 aliphatic heterocycles. The van der Waals surface area contributed by atoms with E-state index in [4.69, 9.17) is 5.11 Å². The fraction of sp³-hybridized carbons (Fsp3) is 0.923. The number of aliphatic hydroxyl groups is 1. The molecule has 0 aliphatic carbocycles. The summed E-state index contributed by atoms with van der Waals surface area (Å²) in [7, 11) is 0. The Balaban J connectivity index is 3.88. The van der Waals surface area contributed by atoms with Crippen LogP contribution in [0.1, 0.15) is 126 Å². The van der Waals surface area contributed by atoms with E-state index in [-0.39, 0.29) is 6.61 Å². The molecular weight excluding hydrogens is 328 g/mol. The van der Waals surface area contributed by atoms with Crippen LogP contribution in [0.15, 0.2) is 11.6 Å². The van der Waals surface area contributed by atoms with Crippen LogP contribution in [0.2, 0.25) is 0 Å². The molecule has 0 saturated heterocycles. The van der Waals surface area contributed by atoms with Crippen LogP contribution >= 0.6 is 0 Å². The first-order chi connectivity index (χ1) is 12.8. The Morgan fingerprint density at radius 2 is 1.22 bits per heavy atom. The lowest BCUT2D eigenvalue weighted by Gasteiger charge is -2.37. The van der Waals surface area contributed by atoms with Crippen molar-refractivity contribution in [1.82, 2.24) is 0 Å². The van der Waals surface area contributed by atoms with Crippen LogP contribution in [0.25, 0.3) is 0 Å². The van der Waals surface area contributed by atoms with Crippen molar-refractivity contribution in [2.45, 2.75) is 126 Å². The van der Waals surface area contributed by atoms with Crippen LogP contribution in [-0.4, -0.2) is 11.7 Å². The third-order valence-corrected chi connectivity index (χ3v) is 7.59. The topological polar surface area (TPSA) is 20.2 Å². The van der Waals surface area contributed by atoms with Crippen LogP contribution in [0.5, 0.6) is 0 Å². The minimum absolute atomic E-state index is 0.189. The number of rotatable bonds is 17. The van der Waals surface area contributed by atoms with E-state index < -0.39 is 0 Å². The van der Waals surface area contributed by atoms with E-state index in [0.29, 0.717) is 5.41 Å². The smallest absolute Gasteiger partial charge is 0.0614 e. The highest BCUT2D eigenvalue weighted by molar-refractivity contribution is 4.97. The van der Waals surface area contributed by atoms with Crippen molar-refractivity contribution in [3.05, 3.63) is 11.6 Å². The van der Waals surface area contributed by atoms with E-state index in [2.05, 4.69) is 48.5 Å². The molecule has 0 aliphatic rings. The van der Waals surface area contributed by atoms with Crippen LogP contribution in [0.3, 0.4) is 0 Å². The molecule has 0 saturated carbocycles. The lowest BCUT2D eigenvalue weighted by Crippen LogP contribution is -2.26. The molecule has 0 aromatic carbocycles.